The van der Waals surface area contributed by atoms with Gasteiger partial charge in [-0.1, -0.05) is 152 Å². The van der Waals surface area contributed by atoms with Crippen LogP contribution in [-0.4, -0.2) is 14.5 Å². The molecule has 0 aliphatic heterocycles. The number of rotatable bonds is 4. The van der Waals surface area contributed by atoms with Gasteiger partial charge in [0.25, 0.3) is 0 Å². The Morgan fingerprint density at radius 3 is 1.56 bits per heavy atom. The molecule has 3 heterocycles. The Balaban J connectivity index is 1.24. The fourth-order valence-corrected chi connectivity index (χ4v) is 7.95. The smallest absolute Gasteiger partial charge is 0.236 e. The van der Waals surface area contributed by atoms with Crippen molar-refractivity contribution in [3.8, 4) is 39.5 Å². The molecule has 242 valence electrons. The molecule has 0 amide bonds. The van der Waals surface area contributed by atoms with Gasteiger partial charge in [0, 0.05) is 21.7 Å². The summed E-state index contributed by atoms with van der Waals surface area (Å²) in [7, 11) is 0. The highest BCUT2D eigenvalue weighted by Gasteiger charge is 2.23. The fraction of sp³-hybridized carbons (Fsp3) is 0. The third kappa shape index (κ3) is 4.34. The minimum absolute atomic E-state index is 0.605. The normalized spacial score (nSPS) is 11.8. The molecular formula is C48H29N3O. The van der Waals surface area contributed by atoms with Crippen LogP contribution >= 0.6 is 0 Å². The second-order valence-corrected chi connectivity index (χ2v) is 13.4. The maximum absolute atomic E-state index is 6.67. The summed E-state index contributed by atoms with van der Waals surface area (Å²) >= 11 is 0. The lowest BCUT2D eigenvalue weighted by Gasteiger charge is -2.10. The van der Waals surface area contributed by atoms with Crippen LogP contribution < -0.4 is 0 Å². The van der Waals surface area contributed by atoms with Gasteiger partial charge in [-0.2, -0.15) is 0 Å². The Labute approximate surface area is 298 Å². The highest BCUT2D eigenvalue weighted by atomic mass is 16.3. The number of benzene rings is 8. The molecule has 0 saturated carbocycles. The lowest BCUT2D eigenvalue weighted by Crippen LogP contribution is -2.03. The van der Waals surface area contributed by atoms with Crippen molar-refractivity contribution >= 4 is 65.4 Å². The van der Waals surface area contributed by atoms with E-state index < -0.39 is 0 Å². The summed E-state index contributed by atoms with van der Waals surface area (Å²) in [5, 5.41) is 8.17. The molecule has 0 aliphatic carbocycles. The van der Waals surface area contributed by atoms with Gasteiger partial charge >= 0.3 is 0 Å². The molecule has 0 spiro atoms. The highest BCUT2D eigenvalue weighted by Crippen LogP contribution is 2.42. The van der Waals surface area contributed by atoms with Crippen LogP contribution in [0.2, 0.25) is 0 Å². The predicted octanol–water partition coefficient (Wildman–Crippen LogP) is 12.8. The molecule has 11 rings (SSSR count). The van der Waals surface area contributed by atoms with Crippen molar-refractivity contribution in [3.63, 3.8) is 0 Å². The van der Waals surface area contributed by atoms with E-state index in [1.165, 1.54) is 37.9 Å². The van der Waals surface area contributed by atoms with E-state index in [-0.39, 0.29) is 0 Å². The van der Waals surface area contributed by atoms with Crippen LogP contribution in [0.4, 0.5) is 0 Å². The summed E-state index contributed by atoms with van der Waals surface area (Å²) < 4.78 is 8.91. The summed E-state index contributed by atoms with van der Waals surface area (Å²) in [6.07, 6.45) is 0. The van der Waals surface area contributed by atoms with Crippen molar-refractivity contribution in [1.82, 2.24) is 14.5 Å². The first kappa shape index (κ1) is 28.8. The average Bonchev–Trinajstić information content (AvgIpc) is 3.77. The second kappa shape index (κ2) is 11.2. The number of fused-ring (bicyclic) bond motifs is 10. The molecule has 4 heteroatoms. The van der Waals surface area contributed by atoms with Crippen molar-refractivity contribution < 1.29 is 4.42 Å². The molecule has 0 aliphatic rings. The second-order valence-electron chi connectivity index (χ2n) is 13.4. The summed E-state index contributed by atoms with van der Waals surface area (Å²) in [5.74, 6) is 0.605. The van der Waals surface area contributed by atoms with E-state index >= 15 is 0 Å². The van der Waals surface area contributed by atoms with E-state index in [1.54, 1.807) is 0 Å². The quantitative estimate of drug-likeness (QED) is 0.188. The molecule has 0 radical (unpaired) electrons. The zero-order valence-electron chi connectivity index (χ0n) is 28.0. The van der Waals surface area contributed by atoms with Crippen LogP contribution in [0.1, 0.15) is 0 Å². The zero-order valence-corrected chi connectivity index (χ0v) is 28.0. The van der Waals surface area contributed by atoms with Gasteiger partial charge in [-0.15, -0.1) is 0 Å². The molecule has 3 aromatic heterocycles. The van der Waals surface area contributed by atoms with Crippen LogP contribution in [0.3, 0.4) is 0 Å². The molecular weight excluding hydrogens is 635 g/mol. The minimum atomic E-state index is 0.605. The van der Waals surface area contributed by atoms with E-state index in [1.807, 2.05) is 12.1 Å². The summed E-state index contributed by atoms with van der Waals surface area (Å²) in [5.41, 5.74) is 10.7. The van der Waals surface area contributed by atoms with Crippen LogP contribution in [0, 0.1) is 0 Å². The van der Waals surface area contributed by atoms with E-state index in [9.17, 15) is 0 Å². The van der Waals surface area contributed by atoms with Gasteiger partial charge in [-0.3, -0.25) is 4.57 Å². The number of hydrogen-bond acceptors (Lipinski definition) is 3. The first-order chi connectivity index (χ1) is 25.8. The Bertz CT molecular complexity index is 3070. The molecule has 52 heavy (non-hydrogen) atoms. The van der Waals surface area contributed by atoms with E-state index in [4.69, 9.17) is 14.4 Å². The third-order valence-electron chi connectivity index (χ3n) is 10.4. The Kier molecular flexibility index (Phi) is 6.22. The standard InChI is InChI=1S/C48H29N3O/c1-3-11-30(12-4-1)32-19-21-35(22-20-32)45-47-46(39-29-36(25-28-42(39)52-47)31-13-5-2-6-14-31)50-48(49-45)51-40-26-23-33-15-7-9-17-37(33)43(40)44-38-18-10-8-16-34(38)24-27-41(44)51/h1-29H. The lowest BCUT2D eigenvalue weighted by molar-refractivity contribution is 0.666. The molecule has 0 saturated heterocycles. The van der Waals surface area contributed by atoms with Crippen molar-refractivity contribution in [2.75, 3.05) is 0 Å². The molecule has 0 bridgehead atoms. The average molecular weight is 664 g/mol. The van der Waals surface area contributed by atoms with Gasteiger partial charge < -0.3 is 4.42 Å². The van der Waals surface area contributed by atoms with Crippen molar-refractivity contribution in [2.45, 2.75) is 0 Å². The van der Waals surface area contributed by atoms with E-state index in [0.29, 0.717) is 11.5 Å². The molecule has 0 unspecified atom stereocenters. The molecule has 0 fully saturated rings. The molecule has 0 N–H and O–H groups in total. The maximum Gasteiger partial charge on any atom is 0.236 e. The topological polar surface area (TPSA) is 43.9 Å². The van der Waals surface area contributed by atoms with Gasteiger partial charge in [0.2, 0.25) is 5.95 Å². The SMILES string of the molecule is c1ccc(-c2ccc(-c3nc(-n4c5ccc6ccccc6c5c5c6ccccc6ccc54)nc4c3oc3ccc(-c5ccccc5)cc34)cc2)cc1. The number of hydrogen-bond donors (Lipinski definition) is 0. The highest BCUT2D eigenvalue weighted by molar-refractivity contribution is 6.28. The van der Waals surface area contributed by atoms with Gasteiger partial charge in [0.15, 0.2) is 5.58 Å². The third-order valence-corrected chi connectivity index (χ3v) is 10.4. The van der Waals surface area contributed by atoms with Crippen molar-refractivity contribution in [1.29, 1.82) is 0 Å². The Hall–Kier alpha value is -7.04. The Morgan fingerprint density at radius 1 is 0.404 bits per heavy atom. The first-order valence-corrected chi connectivity index (χ1v) is 17.6. The summed E-state index contributed by atoms with van der Waals surface area (Å²) in [6, 6.07) is 62.0. The van der Waals surface area contributed by atoms with Crippen LogP contribution in [0.15, 0.2) is 180 Å². The van der Waals surface area contributed by atoms with Gasteiger partial charge in [0.05, 0.1) is 11.0 Å². The zero-order chi connectivity index (χ0) is 34.2. The van der Waals surface area contributed by atoms with Crippen LogP contribution in [-0.2, 0) is 0 Å². The van der Waals surface area contributed by atoms with Crippen molar-refractivity contribution in [3.05, 3.63) is 176 Å². The van der Waals surface area contributed by atoms with E-state index in [0.717, 1.165) is 55.5 Å². The number of furan rings is 1. The largest absolute Gasteiger partial charge is 0.452 e. The van der Waals surface area contributed by atoms with Gasteiger partial charge in [-0.25, -0.2) is 9.97 Å². The van der Waals surface area contributed by atoms with E-state index in [2.05, 4.69) is 168 Å². The lowest BCUT2D eigenvalue weighted by atomic mass is 10.00. The van der Waals surface area contributed by atoms with Crippen molar-refractivity contribution in [2.24, 2.45) is 0 Å². The fourth-order valence-electron chi connectivity index (χ4n) is 7.95. The number of aromatic nitrogens is 3. The maximum atomic E-state index is 6.67. The number of nitrogens with zero attached hydrogens (tertiary/aromatic N) is 3. The first-order valence-electron chi connectivity index (χ1n) is 17.6. The summed E-state index contributed by atoms with van der Waals surface area (Å²) in [6.45, 7) is 0. The minimum Gasteiger partial charge on any atom is -0.452 e. The monoisotopic (exact) mass is 663 g/mol. The molecule has 4 nitrogen and oxygen atoms in total. The predicted molar refractivity (Wildman–Crippen MR) is 215 cm³/mol. The Morgan fingerprint density at radius 2 is 0.923 bits per heavy atom. The molecule has 8 aromatic carbocycles. The summed E-state index contributed by atoms with van der Waals surface area (Å²) in [4.78, 5) is 10.8. The van der Waals surface area contributed by atoms with Crippen LogP contribution in [0.25, 0.3) is 105 Å². The molecule has 0 atom stereocenters. The van der Waals surface area contributed by atoms with Crippen LogP contribution in [0.5, 0.6) is 0 Å². The van der Waals surface area contributed by atoms with Gasteiger partial charge in [0.1, 0.15) is 16.8 Å². The molecule has 11 aromatic rings. The van der Waals surface area contributed by atoms with Gasteiger partial charge in [-0.05, 0) is 68.1 Å².